The Balaban J connectivity index is 1.88. The zero-order valence-electron chi connectivity index (χ0n) is 26.3. The normalized spacial score (nSPS) is 16.0. The SMILES string of the molecule is CCC(C)C[C@H](O)CC(=O)ONC(=O)C(CC1=CN(C(=O)[C@H](C)N)CN1c1cccc2ccccc12)NC(=O)OC(C)(C)C. The van der Waals surface area contributed by atoms with Crippen LogP contribution in [0.15, 0.2) is 54.4 Å². The van der Waals surface area contributed by atoms with Crippen LogP contribution in [0.25, 0.3) is 10.8 Å². The highest BCUT2D eigenvalue weighted by atomic mass is 16.7. The number of hydrogen-bond acceptors (Lipinski definition) is 9. The first kappa shape index (κ1) is 34.3. The molecule has 0 aromatic heterocycles. The molecule has 0 radical (unpaired) electrons. The van der Waals surface area contributed by atoms with E-state index in [-0.39, 0.29) is 31.3 Å². The molecule has 0 saturated heterocycles. The molecule has 0 saturated carbocycles. The molecule has 3 rings (SSSR count). The number of hydrogen-bond donors (Lipinski definition) is 4. The second kappa shape index (κ2) is 15.0. The van der Waals surface area contributed by atoms with Gasteiger partial charge in [0.25, 0.3) is 5.91 Å². The first-order valence-corrected chi connectivity index (χ1v) is 14.9. The molecule has 12 heteroatoms. The molecule has 2 aromatic rings. The number of anilines is 1. The summed E-state index contributed by atoms with van der Waals surface area (Å²) in [7, 11) is 0. The molecule has 12 nitrogen and oxygen atoms in total. The van der Waals surface area contributed by atoms with Gasteiger partial charge in [0.2, 0.25) is 5.91 Å². The number of carbonyl (C=O) groups excluding carboxylic acids is 4. The van der Waals surface area contributed by atoms with Crippen molar-refractivity contribution in [1.29, 1.82) is 0 Å². The van der Waals surface area contributed by atoms with E-state index in [1.807, 2.05) is 61.2 Å². The van der Waals surface area contributed by atoms with E-state index in [0.717, 1.165) is 22.9 Å². The third-order valence-corrected chi connectivity index (χ3v) is 7.14. The van der Waals surface area contributed by atoms with Crippen molar-refractivity contribution < 1.29 is 33.9 Å². The minimum Gasteiger partial charge on any atom is -0.444 e. The minimum atomic E-state index is -1.27. The summed E-state index contributed by atoms with van der Waals surface area (Å²) in [4.78, 5) is 59.7. The van der Waals surface area contributed by atoms with Crippen LogP contribution >= 0.6 is 0 Å². The van der Waals surface area contributed by atoms with Gasteiger partial charge in [-0.15, -0.1) is 0 Å². The summed E-state index contributed by atoms with van der Waals surface area (Å²) in [5.41, 5.74) is 8.49. The molecule has 44 heavy (non-hydrogen) atoms. The second-order valence-electron chi connectivity index (χ2n) is 12.2. The van der Waals surface area contributed by atoms with Crippen molar-refractivity contribution in [1.82, 2.24) is 15.7 Å². The van der Waals surface area contributed by atoms with Crippen molar-refractivity contribution in [2.24, 2.45) is 11.7 Å². The fraction of sp³-hybridized carbons (Fsp3) is 0.500. The van der Waals surface area contributed by atoms with Crippen molar-refractivity contribution in [3.63, 3.8) is 0 Å². The van der Waals surface area contributed by atoms with Crippen LogP contribution in [0.4, 0.5) is 10.5 Å². The largest absolute Gasteiger partial charge is 0.444 e. The predicted octanol–water partition coefficient (Wildman–Crippen LogP) is 3.68. The molecule has 2 aromatic carbocycles. The monoisotopic (exact) mass is 611 g/mol. The third kappa shape index (κ3) is 9.68. The van der Waals surface area contributed by atoms with E-state index in [2.05, 4.69) is 10.8 Å². The van der Waals surface area contributed by atoms with E-state index in [4.69, 9.17) is 15.3 Å². The molecule has 1 heterocycles. The Labute approximate surface area is 258 Å². The highest BCUT2D eigenvalue weighted by Crippen LogP contribution is 2.34. The molecule has 240 valence electrons. The van der Waals surface area contributed by atoms with Gasteiger partial charge in [-0.05, 0) is 51.5 Å². The van der Waals surface area contributed by atoms with Crippen LogP contribution < -0.4 is 21.4 Å². The number of aliphatic hydroxyl groups is 1. The fourth-order valence-electron chi connectivity index (χ4n) is 4.76. The lowest BCUT2D eigenvalue weighted by molar-refractivity contribution is -0.160. The highest BCUT2D eigenvalue weighted by Gasteiger charge is 2.33. The molecule has 0 fully saturated rings. The number of carbonyl (C=O) groups is 4. The molecule has 0 spiro atoms. The maximum absolute atomic E-state index is 13.4. The summed E-state index contributed by atoms with van der Waals surface area (Å²) in [6.07, 6.45) is 0.690. The summed E-state index contributed by atoms with van der Waals surface area (Å²) in [5.74, 6) is -1.75. The fourth-order valence-corrected chi connectivity index (χ4v) is 4.76. The van der Waals surface area contributed by atoms with Crippen molar-refractivity contribution in [3.05, 3.63) is 54.4 Å². The van der Waals surface area contributed by atoms with Gasteiger partial charge >= 0.3 is 12.1 Å². The van der Waals surface area contributed by atoms with Crippen molar-refractivity contribution in [2.75, 3.05) is 11.6 Å². The van der Waals surface area contributed by atoms with E-state index in [9.17, 15) is 24.3 Å². The average molecular weight is 612 g/mol. The quantitative estimate of drug-likeness (QED) is 0.278. The molecule has 3 amide bonds. The van der Waals surface area contributed by atoms with Crippen LogP contribution in [0.1, 0.15) is 67.2 Å². The Hall–Kier alpha value is -4.16. The number of hydroxylamine groups is 1. The number of amides is 3. The molecule has 0 bridgehead atoms. The number of alkyl carbamates (subject to hydrolysis) is 1. The van der Waals surface area contributed by atoms with Gasteiger partial charge in [0.15, 0.2) is 0 Å². The zero-order valence-corrected chi connectivity index (χ0v) is 26.3. The lowest BCUT2D eigenvalue weighted by atomic mass is 9.99. The first-order valence-electron chi connectivity index (χ1n) is 14.9. The van der Waals surface area contributed by atoms with E-state index < -0.39 is 41.8 Å². The maximum atomic E-state index is 13.4. The zero-order chi connectivity index (χ0) is 32.6. The van der Waals surface area contributed by atoms with E-state index >= 15 is 0 Å². The lowest BCUT2D eigenvalue weighted by Crippen LogP contribution is -2.49. The molecule has 2 unspecified atom stereocenters. The summed E-state index contributed by atoms with van der Waals surface area (Å²) in [5, 5.41) is 14.7. The van der Waals surface area contributed by atoms with Gasteiger partial charge in [-0.2, -0.15) is 5.48 Å². The Morgan fingerprint density at radius 1 is 1.07 bits per heavy atom. The maximum Gasteiger partial charge on any atom is 0.408 e. The number of aliphatic hydroxyl groups excluding tert-OH is 1. The minimum absolute atomic E-state index is 0.0920. The first-order chi connectivity index (χ1) is 20.7. The average Bonchev–Trinajstić information content (AvgIpc) is 3.36. The number of fused-ring (bicyclic) bond motifs is 1. The van der Waals surface area contributed by atoms with Gasteiger partial charge in [0.1, 0.15) is 18.3 Å². The Morgan fingerprint density at radius 3 is 2.41 bits per heavy atom. The van der Waals surface area contributed by atoms with Gasteiger partial charge < -0.3 is 30.6 Å². The van der Waals surface area contributed by atoms with E-state index in [0.29, 0.717) is 12.1 Å². The molecule has 1 aliphatic rings. The third-order valence-electron chi connectivity index (χ3n) is 7.14. The smallest absolute Gasteiger partial charge is 0.408 e. The second-order valence-corrected chi connectivity index (χ2v) is 12.2. The summed E-state index contributed by atoms with van der Waals surface area (Å²) in [6, 6.07) is 11.5. The number of benzene rings is 2. The van der Waals surface area contributed by atoms with E-state index in [1.165, 1.54) is 4.90 Å². The molecule has 1 aliphatic heterocycles. The van der Waals surface area contributed by atoms with Crippen LogP contribution in [0.2, 0.25) is 0 Å². The van der Waals surface area contributed by atoms with Crippen molar-refractivity contribution in [2.45, 2.75) is 91.0 Å². The molecular weight excluding hydrogens is 566 g/mol. The van der Waals surface area contributed by atoms with Crippen LogP contribution in [-0.2, 0) is 24.0 Å². The summed E-state index contributed by atoms with van der Waals surface area (Å²) >= 11 is 0. The number of nitrogens with one attached hydrogen (secondary N) is 2. The van der Waals surface area contributed by atoms with Gasteiger partial charge in [-0.1, -0.05) is 56.7 Å². The van der Waals surface area contributed by atoms with Gasteiger partial charge in [0, 0.05) is 23.7 Å². The highest BCUT2D eigenvalue weighted by molar-refractivity contribution is 5.96. The van der Waals surface area contributed by atoms with Gasteiger partial charge in [0.05, 0.1) is 24.3 Å². The summed E-state index contributed by atoms with van der Waals surface area (Å²) < 4.78 is 5.38. The lowest BCUT2D eigenvalue weighted by Gasteiger charge is -2.28. The van der Waals surface area contributed by atoms with Crippen molar-refractivity contribution in [3.8, 4) is 0 Å². The topological polar surface area (TPSA) is 164 Å². The number of ether oxygens (including phenoxy) is 1. The number of nitrogens with zero attached hydrogens (tertiary/aromatic N) is 2. The Kier molecular flexibility index (Phi) is 11.7. The van der Waals surface area contributed by atoms with Crippen molar-refractivity contribution >= 4 is 40.3 Å². The molecule has 0 aliphatic carbocycles. The van der Waals surface area contributed by atoms with Crippen LogP contribution in [0.5, 0.6) is 0 Å². The molecular formula is C32H45N5O7. The number of nitrogens with two attached hydrogens (primary N) is 1. The Morgan fingerprint density at radius 2 is 1.75 bits per heavy atom. The summed E-state index contributed by atoms with van der Waals surface area (Å²) in [6.45, 7) is 10.7. The molecule has 5 N–H and O–H groups in total. The standard InChI is InChI=1S/C32H45N5O7/c1-7-20(2)15-24(38)17-28(39)44-35-29(40)26(34-31(42)43-32(4,5)6)16-23-18-36(30(41)21(3)33)19-37(23)27-14-10-12-22-11-8-9-13-25(22)27/h8-14,18,20-21,24,26,38H,7,15-17,19,33H2,1-6H3,(H,34,42)(H,35,40)/t20?,21-,24-,26?/m0/s1. The van der Waals surface area contributed by atoms with Gasteiger partial charge in [-0.25, -0.2) is 9.59 Å². The van der Waals surface area contributed by atoms with Crippen LogP contribution in [0, 0.1) is 5.92 Å². The Bertz CT molecular complexity index is 1370. The van der Waals surface area contributed by atoms with E-state index in [1.54, 1.807) is 33.9 Å². The van der Waals surface area contributed by atoms with Gasteiger partial charge in [-0.3, -0.25) is 14.5 Å². The number of rotatable bonds is 11. The van der Waals surface area contributed by atoms with Crippen LogP contribution in [0.3, 0.4) is 0 Å². The van der Waals surface area contributed by atoms with Crippen LogP contribution in [-0.4, -0.2) is 64.3 Å². The molecule has 4 atom stereocenters. The predicted molar refractivity (Wildman–Crippen MR) is 167 cm³/mol.